The summed E-state index contributed by atoms with van der Waals surface area (Å²) in [7, 11) is 0. The molecule has 11 nitrogen and oxygen atoms in total. The second-order valence-corrected chi connectivity index (χ2v) is 10.6. The monoisotopic (exact) mass is 442 g/mol. The van der Waals surface area contributed by atoms with Crippen molar-refractivity contribution in [2.24, 2.45) is 28.1 Å². The minimum absolute atomic E-state index is 0.439. The summed E-state index contributed by atoms with van der Waals surface area (Å²) in [5, 5.41) is 54.8. The lowest BCUT2D eigenvalue weighted by molar-refractivity contribution is -0.253. The van der Waals surface area contributed by atoms with Gasteiger partial charge in [0.1, 0.15) is 11.7 Å². The Bertz CT molecular complexity index is 911. The molecule has 1 unspecified atom stereocenters. The fraction of sp³-hybridized carbons (Fsp3) is 0.850. The third kappa shape index (κ3) is 1.69. The standard InChI is InChI=1S/C20H26O11/c1-6(12(24)25)19(28)7(21)5-17-11-8(22)9(16(2,3)4)18(17)10(23)13(26)30-15(18)31-20(17,19)14(27)29-11/h6-11,15,21-23,28H,5H2,1-4H3,(H,24,25)/t6-,7+,8-,9+,10+,11+,15+,17-,18?,19-,20-/m1/s1. The van der Waals surface area contributed by atoms with Gasteiger partial charge in [0, 0.05) is 5.92 Å². The van der Waals surface area contributed by atoms with E-state index in [2.05, 4.69) is 0 Å². The van der Waals surface area contributed by atoms with Crippen LogP contribution in [0.3, 0.4) is 0 Å². The normalized spacial score (nSPS) is 55.5. The Morgan fingerprint density at radius 2 is 1.77 bits per heavy atom. The van der Waals surface area contributed by atoms with Gasteiger partial charge >= 0.3 is 17.9 Å². The fourth-order valence-corrected chi connectivity index (χ4v) is 7.88. The Morgan fingerprint density at radius 1 is 1.16 bits per heavy atom. The Kier molecular flexibility index (Phi) is 3.67. The van der Waals surface area contributed by atoms with Crippen molar-refractivity contribution in [2.45, 2.75) is 76.0 Å². The number of hydrogen-bond acceptors (Lipinski definition) is 10. The summed E-state index contributed by atoms with van der Waals surface area (Å²) in [5.74, 6) is -6.29. The SMILES string of the molecule is C[C@H](C(=O)O)[C@@]1(O)[C@@H](O)C[C@]23[C@H]4OC(=O)[C@]12O[C@@H]1OC(=O)[C@H](O)C13[C@H](C(C)(C)C)[C@H]4O. The van der Waals surface area contributed by atoms with E-state index in [0.717, 1.165) is 6.92 Å². The lowest BCUT2D eigenvalue weighted by Crippen LogP contribution is -2.68. The number of aliphatic hydroxyl groups is 4. The van der Waals surface area contributed by atoms with Gasteiger partial charge in [-0.2, -0.15) is 0 Å². The zero-order valence-corrected chi connectivity index (χ0v) is 17.4. The lowest BCUT2D eigenvalue weighted by atomic mass is 9.51. The van der Waals surface area contributed by atoms with Gasteiger partial charge in [0.05, 0.1) is 29.0 Å². The summed E-state index contributed by atoms with van der Waals surface area (Å²) in [6.07, 6.45) is -8.37. The van der Waals surface area contributed by atoms with Crippen LogP contribution in [0.4, 0.5) is 0 Å². The minimum atomic E-state index is -2.67. The Morgan fingerprint density at radius 3 is 2.32 bits per heavy atom. The third-order valence-electron chi connectivity index (χ3n) is 8.70. The van der Waals surface area contributed by atoms with Crippen LogP contribution in [0.2, 0.25) is 0 Å². The van der Waals surface area contributed by atoms with Crippen molar-refractivity contribution in [1.29, 1.82) is 0 Å². The summed E-state index contributed by atoms with van der Waals surface area (Å²) in [6, 6.07) is 0. The summed E-state index contributed by atoms with van der Waals surface area (Å²) in [4.78, 5) is 37.7. The summed E-state index contributed by atoms with van der Waals surface area (Å²) in [6.45, 7) is 6.41. The second kappa shape index (κ2) is 5.40. The van der Waals surface area contributed by atoms with Crippen LogP contribution in [-0.4, -0.2) is 85.3 Å². The average Bonchev–Trinajstić information content (AvgIpc) is 3.27. The molecule has 2 saturated carbocycles. The largest absolute Gasteiger partial charge is 0.481 e. The van der Waals surface area contributed by atoms with Gasteiger partial charge in [0.25, 0.3) is 0 Å². The molecular weight excluding hydrogens is 416 g/mol. The van der Waals surface area contributed by atoms with Crippen LogP contribution in [-0.2, 0) is 28.6 Å². The molecule has 0 amide bonds. The first-order valence-corrected chi connectivity index (χ1v) is 10.3. The zero-order valence-electron chi connectivity index (χ0n) is 17.4. The molecule has 5 fully saturated rings. The molecule has 5 aliphatic rings. The van der Waals surface area contributed by atoms with Gasteiger partial charge < -0.3 is 39.7 Å². The van der Waals surface area contributed by atoms with Gasteiger partial charge in [-0.15, -0.1) is 0 Å². The molecule has 5 N–H and O–H groups in total. The molecule has 3 aliphatic heterocycles. The molecule has 172 valence electrons. The van der Waals surface area contributed by atoms with E-state index in [1.807, 2.05) is 0 Å². The number of carboxylic acids is 1. The number of ether oxygens (including phenoxy) is 3. The molecule has 0 aromatic heterocycles. The first-order chi connectivity index (χ1) is 14.2. The van der Waals surface area contributed by atoms with E-state index < -0.39 is 94.3 Å². The minimum Gasteiger partial charge on any atom is -0.481 e. The highest BCUT2D eigenvalue weighted by atomic mass is 16.8. The highest BCUT2D eigenvalue weighted by Gasteiger charge is 3.01. The number of aliphatic carboxylic acids is 1. The Hall–Kier alpha value is -1.79. The first kappa shape index (κ1) is 21.1. The Labute approximate surface area is 176 Å². The molecule has 3 saturated heterocycles. The number of esters is 2. The molecule has 31 heavy (non-hydrogen) atoms. The number of hydrogen-bond donors (Lipinski definition) is 5. The van der Waals surface area contributed by atoms with Gasteiger partial charge in [0.15, 0.2) is 6.10 Å². The predicted octanol–water partition coefficient (Wildman–Crippen LogP) is -1.85. The second-order valence-electron chi connectivity index (χ2n) is 10.6. The quantitative estimate of drug-likeness (QED) is 0.303. The number of rotatable bonds is 2. The molecular formula is C20H26O11. The van der Waals surface area contributed by atoms with Crippen LogP contribution in [0.15, 0.2) is 0 Å². The number of aliphatic hydroxyl groups excluding tert-OH is 3. The molecule has 0 radical (unpaired) electrons. The highest BCUT2D eigenvalue weighted by Crippen LogP contribution is 2.83. The highest BCUT2D eigenvalue weighted by molar-refractivity contribution is 5.92. The van der Waals surface area contributed by atoms with Crippen LogP contribution in [0.25, 0.3) is 0 Å². The van der Waals surface area contributed by atoms with Crippen molar-refractivity contribution >= 4 is 17.9 Å². The number of carbonyl (C=O) groups excluding carboxylic acids is 2. The predicted molar refractivity (Wildman–Crippen MR) is 95.8 cm³/mol. The van der Waals surface area contributed by atoms with E-state index in [1.165, 1.54) is 0 Å². The van der Waals surface area contributed by atoms with Crippen molar-refractivity contribution in [3.63, 3.8) is 0 Å². The molecule has 0 bridgehead atoms. The Balaban J connectivity index is 1.88. The maximum Gasteiger partial charge on any atom is 0.342 e. The number of carbonyl (C=O) groups is 3. The molecule has 3 heterocycles. The molecule has 0 aromatic rings. The summed E-state index contributed by atoms with van der Waals surface area (Å²) < 4.78 is 16.8. The molecule has 0 aromatic carbocycles. The van der Waals surface area contributed by atoms with Crippen molar-refractivity contribution < 1.29 is 54.1 Å². The number of carboxylic acid groups (broad SMARTS) is 1. The van der Waals surface area contributed by atoms with Crippen molar-refractivity contribution in [2.75, 3.05) is 0 Å². The van der Waals surface area contributed by atoms with Gasteiger partial charge in [-0.1, -0.05) is 20.8 Å². The van der Waals surface area contributed by atoms with Crippen molar-refractivity contribution in [3.05, 3.63) is 0 Å². The van der Waals surface area contributed by atoms with Crippen molar-refractivity contribution in [1.82, 2.24) is 0 Å². The zero-order chi connectivity index (χ0) is 23.1. The van der Waals surface area contributed by atoms with Crippen LogP contribution < -0.4 is 0 Å². The molecule has 2 spiro atoms. The van der Waals surface area contributed by atoms with E-state index >= 15 is 0 Å². The van der Waals surface area contributed by atoms with Crippen molar-refractivity contribution in [3.8, 4) is 0 Å². The van der Waals surface area contributed by atoms with Gasteiger partial charge in [-0.05, 0) is 18.8 Å². The van der Waals surface area contributed by atoms with E-state index in [0.29, 0.717) is 0 Å². The van der Waals surface area contributed by atoms with Crippen LogP contribution in [0, 0.1) is 28.1 Å². The fourth-order valence-electron chi connectivity index (χ4n) is 7.88. The van der Waals surface area contributed by atoms with Gasteiger partial charge in [-0.25, -0.2) is 9.59 Å². The third-order valence-corrected chi connectivity index (χ3v) is 8.70. The first-order valence-electron chi connectivity index (χ1n) is 10.3. The smallest absolute Gasteiger partial charge is 0.342 e. The van der Waals surface area contributed by atoms with Gasteiger partial charge in [0.2, 0.25) is 11.9 Å². The lowest BCUT2D eigenvalue weighted by Gasteiger charge is -2.46. The average molecular weight is 442 g/mol. The van der Waals surface area contributed by atoms with E-state index in [-0.39, 0.29) is 0 Å². The van der Waals surface area contributed by atoms with Gasteiger partial charge in [-0.3, -0.25) is 4.79 Å². The van der Waals surface area contributed by atoms with E-state index in [4.69, 9.17) is 14.2 Å². The van der Waals surface area contributed by atoms with Crippen LogP contribution in [0.1, 0.15) is 34.1 Å². The topological polar surface area (TPSA) is 180 Å². The van der Waals surface area contributed by atoms with Crippen LogP contribution in [0.5, 0.6) is 0 Å². The summed E-state index contributed by atoms with van der Waals surface area (Å²) >= 11 is 0. The van der Waals surface area contributed by atoms with E-state index in [9.17, 15) is 39.9 Å². The maximum absolute atomic E-state index is 13.3. The molecule has 5 rings (SSSR count). The maximum atomic E-state index is 13.3. The molecule has 2 aliphatic carbocycles. The van der Waals surface area contributed by atoms with E-state index in [1.54, 1.807) is 20.8 Å². The van der Waals surface area contributed by atoms with Crippen LogP contribution >= 0.6 is 0 Å². The molecule has 11 atom stereocenters. The summed E-state index contributed by atoms with van der Waals surface area (Å²) in [5.41, 5.74) is -9.47. The molecule has 11 heteroatoms.